The van der Waals surface area contributed by atoms with E-state index in [1.807, 2.05) is 36.9 Å². The van der Waals surface area contributed by atoms with Crippen molar-refractivity contribution >= 4 is 40.6 Å². The van der Waals surface area contributed by atoms with Crippen molar-refractivity contribution < 1.29 is 9.53 Å². The molecule has 0 bridgehead atoms. The zero-order valence-corrected chi connectivity index (χ0v) is 14.5. The van der Waals surface area contributed by atoms with Crippen molar-refractivity contribution in [3.05, 3.63) is 28.8 Å². The highest BCUT2D eigenvalue weighted by Gasteiger charge is 2.28. The first-order chi connectivity index (χ1) is 10.5. The van der Waals surface area contributed by atoms with E-state index >= 15 is 0 Å². The minimum absolute atomic E-state index is 0.0974. The maximum absolute atomic E-state index is 11.9. The van der Waals surface area contributed by atoms with Crippen LogP contribution in [0.4, 0.5) is 5.69 Å². The lowest BCUT2D eigenvalue weighted by Crippen LogP contribution is -2.44. The Morgan fingerprint density at radius 3 is 3.00 bits per heavy atom. The maximum atomic E-state index is 11.9. The molecule has 1 aromatic rings. The van der Waals surface area contributed by atoms with Gasteiger partial charge in [-0.25, -0.2) is 0 Å². The second-order valence-electron chi connectivity index (χ2n) is 5.43. The number of likely N-dealkylation sites (tertiary alicyclic amines) is 1. The lowest BCUT2D eigenvalue weighted by Gasteiger charge is -2.33. The van der Waals surface area contributed by atoms with E-state index in [0.29, 0.717) is 23.3 Å². The lowest BCUT2D eigenvalue weighted by molar-refractivity contribution is -0.149. The Balaban J connectivity index is 1.98. The number of ether oxygens (including phenoxy) is 1. The molecule has 0 radical (unpaired) electrons. The van der Waals surface area contributed by atoms with Crippen molar-refractivity contribution in [2.75, 3.05) is 25.0 Å². The summed E-state index contributed by atoms with van der Waals surface area (Å²) in [6.07, 6.45) is 1.79. The van der Waals surface area contributed by atoms with Gasteiger partial charge in [0.05, 0.1) is 12.5 Å². The molecule has 1 atom stereocenters. The van der Waals surface area contributed by atoms with Crippen LogP contribution in [-0.2, 0) is 9.53 Å². The first-order valence-electron chi connectivity index (χ1n) is 7.50. The van der Waals surface area contributed by atoms with Crippen molar-refractivity contribution in [1.82, 2.24) is 4.90 Å². The van der Waals surface area contributed by atoms with E-state index < -0.39 is 0 Å². The number of rotatable bonds is 3. The van der Waals surface area contributed by atoms with Gasteiger partial charge in [0.1, 0.15) is 0 Å². The highest BCUT2D eigenvalue weighted by Crippen LogP contribution is 2.22. The molecule has 0 spiro atoms. The fourth-order valence-electron chi connectivity index (χ4n) is 2.58. The van der Waals surface area contributed by atoms with Gasteiger partial charge in [-0.1, -0.05) is 11.6 Å². The predicted molar refractivity (Wildman–Crippen MR) is 93.3 cm³/mol. The molecule has 4 nitrogen and oxygen atoms in total. The molecule has 0 amide bonds. The molecule has 1 N–H and O–H groups in total. The number of nitrogens with zero attached hydrogens (tertiary/aromatic N) is 1. The number of esters is 1. The van der Waals surface area contributed by atoms with Crippen LogP contribution >= 0.6 is 23.8 Å². The molecule has 0 aliphatic carbocycles. The summed E-state index contributed by atoms with van der Waals surface area (Å²) >= 11 is 11.4. The van der Waals surface area contributed by atoms with Crippen molar-refractivity contribution in [2.45, 2.75) is 26.7 Å². The molecule has 1 aromatic carbocycles. The summed E-state index contributed by atoms with van der Waals surface area (Å²) in [5.74, 6) is -0.225. The van der Waals surface area contributed by atoms with Gasteiger partial charge in [-0.3, -0.25) is 4.79 Å². The van der Waals surface area contributed by atoms with Crippen LogP contribution in [0.5, 0.6) is 0 Å². The Kier molecular flexibility index (Phi) is 6.03. The van der Waals surface area contributed by atoms with Crippen molar-refractivity contribution in [3.8, 4) is 0 Å². The number of carbonyl (C=O) groups excluding carboxylic acids is 1. The van der Waals surface area contributed by atoms with E-state index in [1.165, 1.54) is 0 Å². The van der Waals surface area contributed by atoms with Gasteiger partial charge in [0.25, 0.3) is 0 Å². The third-order valence-corrected chi connectivity index (χ3v) is 4.35. The minimum atomic E-state index is -0.127. The molecule has 1 fully saturated rings. The third-order valence-electron chi connectivity index (χ3n) is 3.76. The fraction of sp³-hybridized carbons (Fsp3) is 0.500. The Bertz CT molecular complexity index is 565. The molecule has 22 heavy (non-hydrogen) atoms. The second kappa shape index (κ2) is 7.79. The highest BCUT2D eigenvalue weighted by molar-refractivity contribution is 7.80. The van der Waals surface area contributed by atoms with Crippen LogP contribution in [0.2, 0.25) is 5.02 Å². The number of anilines is 1. The van der Waals surface area contributed by atoms with E-state index in [2.05, 4.69) is 5.32 Å². The lowest BCUT2D eigenvalue weighted by atomic mass is 9.98. The van der Waals surface area contributed by atoms with Crippen LogP contribution in [0.1, 0.15) is 25.3 Å². The van der Waals surface area contributed by atoms with Crippen LogP contribution in [0.3, 0.4) is 0 Å². The van der Waals surface area contributed by atoms with Gasteiger partial charge in [-0.05, 0) is 62.7 Å². The summed E-state index contributed by atoms with van der Waals surface area (Å²) in [6.45, 7) is 5.69. The van der Waals surface area contributed by atoms with Crippen molar-refractivity contribution in [2.24, 2.45) is 5.92 Å². The van der Waals surface area contributed by atoms with Crippen LogP contribution in [0.25, 0.3) is 0 Å². The number of benzene rings is 1. The van der Waals surface area contributed by atoms with E-state index in [4.69, 9.17) is 28.6 Å². The van der Waals surface area contributed by atoms with Crippen LogP contribution in [0, 0.1) is 12.8 Å². The number of carbonyl (C=O) groups is 1. The van der Waals surface area contributed by atoms with Crippen LogP contribution in [-0.4, -0.2) is 35.7 Å². The monoisotopic (exact) mass is 340 g/mol. The van der Waals surface area contributed by atoms with E-state index in [1.54, 1.807) is 0 Å². The minimum Gasteiger partial charge on any atom is -0.466 e. The maximum Gasteiger partial charge on any atom is 0.310 e. The fourth-order valence-corrected chi connectivity index (χ4v) is 3.08. The van der Waals surface area contributed by atoms with Gasteiger partial charge in [-0.15, -0.1) is 0 Å². The zero-order valence-electron chi connectivity index (χ0n) is 12.9. The molecule has 1 heterocycles. The Morgan fingerprint density at radius 1 is 1.55 bits per heavy atom. The molecule has 6 heteroatoms. The van der Waals surface area contributed by atoms with Gasteiger partial charge in [-0.2, -0.15) is 0 Å². The van der Waals surface area contributed by atoms with Gasteiger partial charge < -0.3 is 15.0 Å². The molecule has 1 aliphatic heterocycles. The number of nitrogens with one attached hydrogen (secondary N) is 1. The molecule has 2 rings (SSSR count). The van der Waals surface area contributed by atoms with Crippen LogP contribution in [0.15, 0.2) is 18.2 Å². The highest BCUT2D eigenvalue weighted by atomic mass is 35.5. The van der Waals surface area contributed by atoms with Gasteiger partial charge in [0, 0.05) is 23.8 Å². The van der Waals surface area contributed by atoms with E-state index in [-0.39, 0.29) is 11.9 Å². The number of aryl methyl sites for hydroxylation is 1. The molecule has 120 valence electrons. The Hall–Kier alpha value is -1.33. The zero-order chi connectivity index (χ0) is 16.1. The van der Waals surface area contributed by atoms with Gasteiger partial charge in [0.2, 0.25) is 0 Å². The van der Waals surface area contributed by atoms with Gasteiger partial charge >= 0.3 is 5.97 Å². The van der Waals surface area contributed by atoms with Crippen molar-refractivity contribution in [3.63, 3.8) is 0 Å². The first kappa shape index (κ1) is 17.0. The molecular formula is C16H21ClN2O2S. The Labute approximate surface area is 141 Å². The normalized spacial score (nSPS) is 18.0. The second-order valence-corrected chi connectivity index (χ2v) is 6.25. The van der Waals surface area contributed by atoms with E-state index in [9.17, 15) is 4.79 Å². The number of hydrogen-bond donors (Lipinski definition) is 1. The summed E-state index contributed by atoms with van der Waals surface area (Å²) in [7, 11) is 0. The summed E-state index contributed by atoms with van der Waals surface area (Å²) in [5, 5.41) is 4.59. The standard InChI is InChI=1S/C16H21ClN2O2S/c1-3-21-15(20)12-5-4-8-19(10-12)16(22)18-14-7-6-13(17)9-11(14)2/h6-7,9,12H,3-5,8,10H2,1-2H3,(H,18,22). The molecule has 0 aromatic heterocycles. The van der Waals surface area contributed by atoms with Gasteiger partial charge in [0.15, 0.2) is 5.11 Å². The third kappa shape index (κ3) is 4.34. The molecule has 0 saturated carbocycles. The smallest absolute Gasteiger partial charge is 0.310 e. The number of piperidine rings is 1. The topological polar surface area (TPSA) is 41.6 Å². The summed E-state index contributed by atoms with van der Waals surface area (Å²) in [4.78, 5) is 13.9. The summed E-state index contributed by atoms with van der Waals surface area (Å²) in [6, 6.07) is 5.64. The summed E-state index contributed by atoms with van der Waals surface area (Å²) in [5.41, 5.74) is 1.97. The number of halogens is 1. The SMILES string of the molecule is CCOC(=O)C1CCCN(C(=S)Nc2ccc(Cl)cc2C)C1. The molecule has 1 saturated heterocycles. The average Bonchev–Trinajstić information content (AvgIpc) is 2.50. The average molecular weight is 341 g/mol. The molecule has 1 aliphatic rings. The van der Waals surface area contributed by atoms with Crippen molar-refractivity contribution in [1.29, 1.82) is 0 Å². The largest absolute Gasteiger partial charge is 0.466 e. The molecular weight excluding hydrogens is 320 g/mol. The van der Waals surface area contributed by atoms with E-state index in [0.717, 1.165) is 30.6 Å². The Morgan fingerprint density at radius 2 is 2.32 bits per heavy atom. The first-order valence-corrected chi connectivity index (χ1v) is 8.28. The number of hydrogen-bond acceptors (Lipinski definition) is 3. The van der Waals surface area contributed by atoms with Crippen LogP contribution < -0.4 is 5.32 Å². The predicted octanol–water partition coefficient (Wildman–Crippen LogP) is 3.62. The number of thiocarbonyl (C=S) groups is 1. The molecule has 1 unspecified atom stereocenters. The quantitative estimate of drug-likeness (QED) is 0.672. The summed E-state index contributed by atoms with van der Waals surface area (Å²) < 4.78 is 5.12.